The van der Waals surface area contributed by atoms with E-state index in [4.69, 9.17) is 0 Å². The summed E-state index contributed by atoms with van der Waals surface area (Å²) < 4.78 is 0. The molecule has 0 amide bonds. The zero-order valence-electron chi connectivity index (χ0n) is 10.9. The lowest BCUT2D eigenvalue weighted by Gasteiger charge is -2.09. The van der Waals surface area contributed by atoms with Gasteiger partial charge in [0.15, 0.2) is 0 Å². The van der Waals surface area contributed by atoms with Crippen molar-refractivity contribution in [3.8, 4) is 0 Å². The van der Waals surface area contributed by atoms with Gasteiger partial charge in [-0.3, -0.25) is 4.99 Å². The standard InChI is InChI=1S/C14H17N3S/c1-10-7-11(2)16-14(8-10)17-13(15-3)9-12-5-4-6-18-12/h4-8H,9H2,1-3H3,(H,15,16,17). The number of aliphatic imine (C=N–C) groups is 1. The van der Waals surface area contributed by atoms with E-state index in [0.717, 1.165) is 23.8 Å². The highest BCUT2D eigenvalue weighted by Crippen LogP contribution is 2.13. The first-order chi connectivity index (χ1) is 8.67. The molecule has 0 spiro atoms. The van der Waals surface area contributed by atoms with Crippen LogP contribution in [0.2, 0.25) is 0 Å². The van der Waals surface area contributed by atoms with Gasteiger partial charge in [-0.25, -0.2) is 4.98 Å². The molecule has 0 atom stereocenters. The molecule has 2 aromatic rings. The number of aromatic nitrogens is 1. The minimum absolute atomic E-state index is 0.822. The molecule has 4 heteroatoms. The minimum Gasteiger partial charge on any atom is -0.328 e. The second-order valence-corrected chi connectivity index (χ2v) is 5.25. The molecule has 0 saturated heterocycles. The average Bonchev–Trinajstić information content (AvgIpc) is 2.79. The van der Waals surface area contributed by atoms with Crippen LogP contribution in [0, 0.1) is 13.8 Å². The molecule has 0 aromatic carbocycles. The van der Waals surface area contributed by atoms with Gasteiger partial charge in [0, 0.05) is 24.0 Å². The Labute approximate surface area is 112 Å². The Morgan fingerprint density at radius 3 is 2.83 bits per heavy atom. The van der Waals surface area contributed by atoms with Crippen LogP contribution in [0.25, 0.3) is 0 Å². The Kier molecular flexibility index (Phi) is 4.10. The first kappa shape index (κ1) is 12.8. The van der Waals surface area contributed by atoms with E-state index in [2.05, 4.69) is 45.8 Å². The minimum atomic E-state index is 0.822. The van der Waals surface area contributed by atoms with Gasteiger partial charge in [-0.05, 0) is 43.0 Å². The molecule has 0 unspecified atom stereocenters. The highest BCUT2D eigenvalue weighted by Gasteiger charge is 2.04. The van der Waals surface area contributed by atoms with Crippen LogP contribution >= 0.6 is 11.3 Å². The number of hydrogen-bond acceptors (Lipinski definition) is 3. The number of hydrogen-bond donors (Lipinski definition) is 1. The number of nitrogens with zero attached hydrogens (tertiary/aromatic N) is 2. The molecule has 0 fully saturated rings. The van der Waals surface area contributed by atoms with Crippen molar-refractivity contribution in [3.05, 3.63) is 45.8 Å². The molecule has 0 bridgehead atoms. The summed E-state index contributed by atoms with van der Waals surface area (Å²) in [6, 6.07) is 8.27. The van der Waals surface area contributed by atoms with Crippen molar-refractivity contribution in [2.24, 2.45) is 4.99 Å². The molecule has 0 aliphatic carbocycles. The molecule has 0 radical (unpaired) electrons. The quantitative estimate of drug-likeness (QED) is 0.677. The van der Waals surface area contributed by atoms with Gasteiger partial charge in [0.1, 0.15) is 11.7 Å². The second-order valence-electron chi connectivity index (χ2n) is 4.22. The number of amidine groups is 1. The lowest BCUT2D eigenvalue weighted by atomic mass is 10.2. The average molecular weight is 259 g/mol. The maximum absolute atomic E-state index is 4.46. The molecule has 18 heavy (non-hydrogen) atoms. The molecule has 1 N–H and O–H groups in total. The predicted octanol–water partition coefficient (Wildman–Crippen LogP) is 3.44. The fourth-order valence-corrected chi connectivity index (χ4v) is 2.52. The van der Waals surface area contributed by atoms with Crippen molar-refractivity contribution >= 4 is 23.0 Å². The molecule has 2 aromatic heterocycles. The van der Waals surface area contributed by atoms with Gasteiger partial charge >= 0.3 is 0 Å². The molecular formula is C14H17N3S. The van der Waals surface area contributed by atoms with Gasteiger partial charge in [0.25, 0.3) is 0 Å². The Morgan fingerprint density at radius 2 is 2.22 bits per heavy atom. The molecule has 2 heterocycles. The van der Waals surface area contributed by atoms with Gasteiger partial charge in [-0.1, -0.05) is 6.07 Å². The van der Waals surface area contributed by atoms with Crippen LogP contribution in [0.4, 0.5) is 5.82 Å². The van der Waals surface area contributed by atoms with Gasteiger partial charge in [0.05, 0.1) is 0 Å². The maximum Gasteiger partial charge on any atom is 0.131 e. The summed E-state index contributed by atoms with van der Waals surface area (Å²) >= 11 is 1.74. The van der Waals surface area contributed by atoms with E-state index in [-0.39, 0.29) is 0 Å². The Hall–Kier alpha value is -1.68. The number of thiophene rings is 1. The normalized spacial score (nSPS) is 11.6. The first-order valence-corrected chi connectivity index (χ1v) is 6.75. The molecule has 0 aliphatic heterocycles. The topological polar surface area (TPSA) is 37.3 Å². The Bertz CT molecular complexity index is 524. The highest BCUT2D eigenvalue weighted by atomic mass is 32.1. The molecule has 3 nitrogen and oxygen atoms in total. The van der Waals surface area contributed by atoms with Gasteiger partial charge < -0.3 is 5.32 Å². The number of rotatable bonds is 3. The zero-order chi connectivity index (χ0) is 13.0. The van der Waals surface area contributed by atoms with Crippen LogP contribution in [0.5, 0.6) is 0 Å². The van der Waals surface area contributed by atoms with E-state index in [1.807, 2.05) is 13.0 Å². The summed E-state index contributed by atoms with van der Waals surface area (Å²) in [6.07, 6.45) is 0.822. The highest BCUT2D eigenvalue weighted by molar-refractivity contribution is 7.10. The SMILES string of the molecule is CN=C(Cc1cccs1)Nc1cc(C)cc(C)n1. The van der Waals surface area contributed by atoms with Crippen LogP contribution in [0.15, 0.2) is 34.6 Å². The monoisotopic (exact) mass is 259 g/mol. The van der Waals surface area contributed by atoms with E-state index in [9.17, 15) is 0 Å². The number of anilines is 1. The summed E-state index contributed by atoms with van der Waals surface area (Å²) in [4.78, 5) is 10.1. The van der Waals surface area contributed by atoms with Crippen LogP contribution in [-0.4, -0.2) is 17.9 Å². The van der Waals surface area contributed by atoms with Crippen molar-refractivity contribution < 1.29 is 0 Å². The largest absolute Gasteiger partial charge is 0.328 e. The molecule has 2 rings (SSSR count). The number of nitrogens with one attached hydrogen (secondary N) is 1. The Balaban J connectivity index is 2.11. The van der Waals surface area contributed by atoms with E-state index >= 15 is 0 Å². The fourth-order valence-electron chi connectivity index (χ4n) is 1.81. The zero-order valence-corrected chi connectivity index (χ0v) is 11.7. The van der Waals surface area contributed by atoms with E-state index in [1.165, 1.54) is 10.4 Å². The van der Waals surface area contributed by atoms with E-state index < -0.39 is 0 Å². The van der Waals surface area contributed by atoms with Gasteiger partial charge in [-0.2, -0.15) is 0 Å². The van der Waals surface area contributed by atoms with Gasteiger partial charge in [0.2, 0.25) is 0 Å². The summed E-state index contributed by atoms with van der Waals surface area (Å²) in [5, 5.41) is 5.38. The van der Waals surface area contributed by atoms with Crippen molar-refractivity contribution in [3.63, 3.8) is 0 Å². The molecule has 0 aliphatic rings. The van der Waals surface area contributed by atoms with E-state index in [0.29, 0.717) is 0 Å². The van der Waals surface area contributed by atoms with Crippen molar-refractivity contribution in [1.29, 1.82) is 0 Å². The van der Waals surface area contributed by atoms with E-state index in [1.54, 1.807) is 18.4 Å². The van der Waals surface area contributed by atoms with Crippen LogP contribution in [-0.2, 0) is 6.42 Å². The third-order valence-electron chi connectivity index (χ3n) is 2.56. The Morgan fingerprint density at radius 1 is 1.39 bits per heavy atom. The molecular weight excluding hydrogens is 242 g/mol. The summed E-state index contributed by atoms with van der Waals surface area (Å²) in [5.74, 6) is 1.81. The van der Waals surface area contributed by atoms with Crippen LogP contribution < -0.4 is 5.32 Å². The second kappa shape index (κ2) is 5.78. The lowest BCUT2D eigenvalue weighted by Crippen LogP contribution is -2.15. The smallest absolute Gasteiger partial charge is 0.131 e. The number of aryl methyl sites for hydroxylation is 2. The summed E-state index contributed by atoms with van der Waals surface area (Å²) in [5.41, 5.74) is 2.22. The molecule has 94 valence electrons. The van der Waals surface area contributed by atoms with Crippen LogP contribution in [0.1, 0.15) is 16.1 Å². The lowest BCUT2D eigenvalue weighted by molar-refractivity contribution is 1.17. The van der Waals surface area contributed by atoms with Gasteiger partial charge in [-0.15, -0.1) is 11.3 Å². The first-order valence-electron chi connectivity index (χ1n) is 5.88. The summed E-state index contributed by atoms with van der Waals surface area (Å²) in [7, 11) is 1.80. The predicted molar refractivity (Wildman–Crippen MR) is 78.7 cm³/mol. The maximum atomic E-state index is 4.46. The van der Waals surface area contributed by atoms with Crippen molar-refractivity contribution in [1.82, 2.24) is 4.98 Å². The van der Waals surface area contributed by atoms with Crippen LogP contribution in [0.3, 0.4) is 0 Å². The third-order valence-corrected chi connectivity index (χ3v) is 3.44. The molecule has 0 saturated carbocycles. The summed E-state index contributed by atoms with van der Waals surface area (Å²) in [6.45, 7) is 4.07. The van der Waals surface area contributed by atoms with Crippen molar-refractivity contribution in [2.45, 2.75) is 20.3 Å². The number of pyridine rings is 1. The third kappa shape index (κ3) is 3.40. The van der Waals surface area contributed by atoms with Crippen molar-refractivity contribution in [2.75, 3.05) is 12.4 Å². The fraction of sp³-hybridized carbons (Fsp3) is 0.286.